The Kier molecular flexibility index (Phi) is 4.28. The van der Waals surface area contributed by atoms with Gasteiger partial charge < -0.3 is 19.9 Å². The van der Waals surface area contributed by atoms with E-state index in [1.54, 1.807) is 6.07 Å². The van der Waals surface area contributed by atoms with Gasteiger partial charge in [0, 0.05) is 29.0 Å². The van der Waals surface area contributed by atoms with Gasteiger partial charge in [0.1, 0.15) is 24.1 Å². The lowest BCUT2D eigenvalue weighted by Crippen LogP contribution is -2.30. The van der Waals surface area contributed by atoms with Crippen LogP contribution in [0.5, 0.6) is 5.75 Å². The Hall–Kier alpha value is -2.93. The van der Waals surface area contributed by atoms with E-state index in [4.69, 9.17) is 9.47 Å². The van der Waals surface area contributed by atoms with Gasteiger partial charge in [-0.15, -0.1) is 0 Å². The second kappa shape index (κ2) is 6.84. The van der Waals surface area contributed by atoms with Gasteiger partial charge in [-0.25, -0.2) is 9.18 Å². The number of nitrogens with one attached hydrogen (secondary N) is 1. The molecular weight excluding hydrogens is 377 g/mol. The van der Waals surface area contributed by atoms with Gasteiger partial charge in [0.05, 0.1) is 19.1 Å². The fourth-order valence-electron chi connectivity index (χ4n) is 4.59. The molecule has 1 aliphatic carbocycles. The first kappa shape index (κ1) is 18.1. The van der Waals surface area contributed by atoms with Crippen LogP contribution in [0.15, 0.2) is 42.5 Å². The second-order valence-corrected chi connectivity index (χ2v) is 7.81. The van der Waals surface area contributed by atoms with Gasteiger partial charge >= 0.3 is 5.97 Å². The Balaban J connectivity index is 1.53. The van der Waals surface area contributed by atoms with Gasteiger partial charge in [-0.3, -0.25) is 4.79 Å². The van der Waals surface area contributed by atoms with Gasteiger partial charge in [-0.2, -0.15) is 0 Å². The van der Waals surface area contributed by atoms with Crippen LogP contribution in [-0.2, 0) is 4.74 Å². The summed E-state index contributed by atoms with van der Waals surface area (Å²) in [6.07, 6.45) is -0.830. The van der Waals surface area contributed by atoms with E-state index in [9.17, 15) is 19.1 Å². The zero-order valence-corrected chi connectivity index (χ0v) is 15.5. The molecule has 7 heteroatoms. The summed E-state index contributed by atoms with van der Waals surface area (Å²) in [4.78, 5) is 24.7. The van der Waals surface area contributed by atoms with Crippen LogP contribution >= 0.6 is 0 Å². The number of carboxylic acid groups (broad SMARTS) is 1. The van der Waals surface area contributed by atoms with Crippen LogP contribution in [0.1, 0.15) is 37.8 Å². The standard InChI is InChI=1S/C22H20FNO5/c23-8-17-18(11-4-2-1-3-5-11)13-6-12(7-14(22(26)27)20(13)29-17)21(25)24-19-15-9-28-10-16(15)19/h1-7,15-19H,8-10H2,(H,24,25)(H,26,27)/t15-,16?,17+,18-,19?/m0/s1. The number of rotatable bonds is 5. The fraction of sp³-hybridized carbons (Fsp3) is 0.364. The van der Waals surface area contributed by atoms with E-state index in [0.717, 1.165) is 5.56 Å². The number of aromatic carboxylic acids is 1. The Morgan fingerprint density at radius 2 is 1.86 bits per heavy atom. The van der Waals surface area contributed by atoms with E-state index in [1.807, 2.05) is 30.3 Å². The first-order chi connectivity index (χ1) is 14.1. The molecule has 5 rings (SSSR count). The lowest BCUT2D eigenvalue weighted by molar-refractivity contribution is 0.0689. The molecule has 1 amide bonds. The quantitative estimate of drug-likeness (QED) is 0.810. The highest BCUT2D eigenvalue weighted by molar-refractivity contribution is 6.00. The van der Waals surface area contributed by atoms with E-state index in [1.165, 1.54) is 6.07 Å². The molecule has 3 aliphatic rings. The van der Waals surface area contributed by atoms with Crippen LogP contribution in [-0.4, -0.2) is 49.0 Å². The molecule has 5 atom stereocenters. The van der Waals surface area contributed by atoms with Gasteiger partial charge in [0.25, 0.3) is 5.91 Å². The highest BCUT2D eigenvalue weighted by atomic mass is 19.1. The molecule has 2 unspecified atom stereocenters. The Morgan fingerprint density at radius 1 is 1.14 bits per heavy atom. The molecule has 1 saturated heterocycles. The lowest BCUT2D eigenvalue weighted by Gasteiger charge is -2.16. The maximum atomic E-state index is 13.7. The molecule has 0 bridgehead atoms. The number of ether oxygens (including phenoxy) is 2. The molecule has 2 aromatic carbocycles. The van der Waals surface area contributed by atoms with Crippen molar-refractivity contribution in [2.24, 2.45) is 11.8 Å². The van der Waals surface area contributed by atoms with Crippen molar-refractivity contribution in [3.05, 3.63) is 64.7 Å². The van der Waals surface area contributed by atoms with E-state index < -0.39 is 24.7 Å². The van der Waals surface area contributed by atoms with E-state index >= 15 is 0 Å². The third-order valence-electron chi connectivity index (χ3n) is 6.15. The van der Waals surface area contributed by atoms with Crippen molar-refractivity contribution >= 4 is 11.9 Å². The third-order valence-corrected chi connectivity index (χ3v) is 6.15. The van der Waals surface area contributed by atoms with Crippen molar-refractivity contribution in [1.82, 2.24) is 5.32 Å². The minimum atomic E-state index is -1.21. The molecule has 6 nitrogen and oxygen atoms in total. The van der Waals surface area contributed by atoms with Gasteiger partial charge in [-0.05, 0) is 17.7 Å². The van der Waals surface area contributed by atoms with Gasteiger partial charge in [0.2, 0.25) is 0 Å². The van der Waals surface area contributed by atoms with Crippen LogP contribution in [0.2, 0.25) is 0 Å². The maximum absolute atomic E-state index is 13.7. The van der Waals surface area contributed by atoms with Crippen LogP contribution < -0.4 is 10.1 Å². The highest BCUT2D eigenvalue weighted by Crippen LogP contribution is 2.46. The molecule has 150 valence electrons. The summed E-state index contributed by atoms with van der Waals surface area (Å²) in [7, 11) is 0. The smallest absolute Gasteiger partial charge is 0.339 e. The highest BCUT2D eigenvalue weighted by Gasteiger charge is 2.54. The van der Waals surface area contributed by atoms with Crippen LogP contribution in [0.4, 0.5) is 4.39 Å². The summed E-state index contributed by atoms with van der Waals surface area (Å²) < 4.78 is 24.8. The summed E-state index contributed by atoms with van der Waals surface area (Å²) in [5, 5.41) is 12.7. The molecule has 2 fully saturated rings. The first-order valence-electron chi connectivity index (χ1n) is 9.66. The number of fused-ring (bicyclic) bond motifs is 2. The van der Waals surface area contributed by atoms with Crippen molar-refractivity contribution in [3.63, 3.8) is 0 Å². The third kappa shape index (κ3) is 2.97. The normalized spacial score (nSPS) is 28.9. The molecule has 2 heterocycles. The molecule has 2 aliphatic heterocycles. The molecule has 2 N–H and O–H groups in total. The number of amides is 1. The van der Waals surface area contributed by atoms with Crippen molar-refractivity contribution in [2.45, 2.75) is 18.1 Å². The van der Waals surface area contributed by atoms with Crippen LogP contribution in [0.25, 0.3) is 0 Å². The van der Waals surface area contributed by atoms with E-state index in [-0.39, 0.29) is 28.8 Å². The molecule has 1 saturated carbocycles. The van der Waals surface area contributed by atoms with Crippen molar-refractivity contribution in [3.8, 4) is 5.75 Å². The van der Waals surface area contributed by atoms with Crippen molar-refractivity contribution in [2.75, 3.05) is 19.9 Å². The summed E-state index contributed by atoms with van der Waals surface area (Å²) in [5.74, 6) is -1.20. The number of alkyl halides is 1. The van der Waals surface area contributed by atoms with Gasteiger partial charge in [-0.1, -0.05) is 30.3 Å². The zero-order valence-electron chi connectivity index (χ0n) is 15.5. The monoisotopic (exact) mass is 397 g/mol. The average molecular weight is 397 g/mol. The number of carbonyl (C=O) groups excluding carboxylic acids is 1. The zero-order chi connectivity index (χ0) is 20.1. The molecule has 2 aromatic rings. The number of carbonyl (C=O) groups is 2. The minimum Gasteiger partial charge on any atom is -0.485 e. The van der Waals surface area contributed by atoms with Crippen molar-refractivity contribution < 1.29 is 28.6 Å². The Bertz CT molecular complexity index is 969. The minimum absolute atomic E-state index is 0.0672. The number of halogens is 1. The first-order valence-corrected chi connectivity index (χ1v) is 9.66. The predicted molar refractivity (Wildman–Crippen MR) is 101 cm³/mol. The summed E-state index contributed by atoms with van der Waals surface area (Å²) >= 11 is 0. The lowest BCUT2D eigenvalue weighted by atomic mass is 9.87. The topological polar surface area (TPSA) is 84.9 Å². The molecule has 29 heavy (non-hydrogen) atoms. The number of carboxylic acids is 1. The molecule has 0 spiro atoms. The maximum Gasteiger partial charge on any atom is 0.339 e. The van der Waals surface area contributed by atoms with Crippen LogP contribution in [0, 0.1) is 11.8 Å². The largest absolute Gasteiger partial charge is 0.485 e. The Morgan fingerprint density at radius 3 is 2.52 bits per heavy atom. The predicted octanol–water partition coefficient (Wildman–Crippen LogP) is 2.62. The number of hydrogen-bond acceptors (Lipinski definition) is 4. The average Bonchev–Trinajstić information content (AvgIpc) is 3.10. The molecule has 0 radical (unpaired) electrons. The summed E-state index contributed by atoms with van der Waals surface area (Å²) in [5.41, 5.74) is 1.47. The van der Waals surface area contributed by atoms with E-state index in [0.29, 0.717) is 30.6 Å². The summed E-state index contributed by atoms with van der Waals surface area (Å²) in [6, 6.07) is 12.3. The van der Waals surface area contributed by atoms with Crippen molar-refractivity contribution in [1.29, 1.82) is 0 Å². The molecule has 0 aromatic heterocycles. The number of benzene rings is 2. The molecular formula is C22H20FNO5. The fourth-order valence-corrected chi connectivity index (χ4v) is 4.59. The van der Waals surface area contributed by atoms with E-state index in [2.05, 4.69) is 5.32 Å². The van der Waals surface area contributed by atoms with Crippen LogP contribution in [0.3, 0.4) is 0 Å². The summed E-state index contributed by atoms with van der Waals surface area (Å²) in [6.45, 7) is 0.519. The number of hydrogen-bond donors (Lipinski definition) is 2. The second-order valence-electron chi connectivity index (χ2n) is 7.81. The Labute approximate surface area is 166 Å². The van der Waals surface area contributed by atoms with Gasteiger partial charge in [0.15, 0.2) is 0 Å². The SMILES string of the molecule is O=C(NC1C2COC[C@@H]21)c1cc(C(=O)O)c2c(c1)[C@H](c1ccccc1)[C@@H](CF)O2.